The van der Waals surface area contributed by atoms with E-state index >= 15 is 0 Å². The van der Waals surface area contributed by atoms with Crippen LogP contribution >= 0.6 is 190 Å². The van der Waals surface area contributed by atoms with Gasteiger partial charge in [0.25, 0.3) is 60.3 Å². The van der Waals surface area contributed by atoms with E-state index in [2.05, 4.69) is 174 Å². The van der Waals surface area contributed by atoms with Crippen LogP contribution in [0.5, 0.6) is 0 Å². The smallest absolute Gasteiger partial charge is 0.351 e. The predicted octanol–water partition coefficient (Wildman–Crippen LogP) is 28.6. The van der Waals surface area contributed by atoms with E-state index < -0.39 is 116 Å². The van der Waals surface area contributed by atoms with Gasteiger partial charge in [-0.1, -0.05) is 184 Å². The minimum Gasteiger partial charge on any atom is -0.477 e. The van der Waals surface area contributed by atoms with Gasteiger partial charge in [0, 0.05) is 138 Å². The van der Waals surface area contributed by atoms with Crippen LogP contribution in [0.3, 0.4) is 0 Å². The number of amides is 3. The first-order valence-electron chi connectivity index (χ1n) is 36.5. The summed E-state index contributed by atoms with van der Waals surface area (Å²) >= 11 is 45.9. The Bertz CT molecular complexity index is 5260. The maximum atomic E-state index is 13.1. The second-order valence-electron chi connectivity index (χ2n) is 26.9. The minimum atomic E-state index is -1.67. The number of imide groups is 1. The van der Waals surface area contributed by atoms with Crippen molar-refractivity contribution in [2.45, 2.75) is 150 Å². The third-order valence-corrected chi connectivity index (χ3v) is 20.1. The molecule has 0 aliphatic carbocycles. The first-order valence-corrected chi connectivity index (χ1v) is 45.3. The topological polar surface area (TPSA) is 612 Å². The third-order valence-electron chi connectivity index (χ3n) is 14.9. The molecule has 779 valence electrons. The number of aliphatic hydroxyl groups excluding tert-OH is 1. The summed E-state index contributed by atoms with van der Waals surface area (Å²) in [4.78, 5) is 145. The zero-order chi connectivity index (χ0) is 110. The number of nitro groups is 9. The number of nitrogen functional groups attached to an aromatic ring is 1. The van der Waals surface area contributed by atoms with Crippen molar-refractivity contribution < 1.29 is 136 Å². The molecule has 2 fully saturated rings. The molecule has 0 bridgehead atoms. The summed E-state index contributed by atoms with van der Waals surface area (Å²) < 4.78 is 80.8. The number of carboxylic acids is 1. The summed E-state index contributed by atoms with van der Waals surface area (Å²) in [5.74, 6) is -5.15. The molecule has 1 radical (unpaired) electrons. The number of rotatable bonds is 13. The number of nitriles is 1. The number of nitro benzene ring substituents is 9. The van der Waals surface area contributed by atoms with E-state index in [-0.39, 0.29) is 124 Å². The second-order valence-corrected chi connectivity index (χ2v) is 37.8. The van der Waals surface area contributed by atoms with Crippen LogP contribution in [-0.2, 0) is 32.0 Å². The number of aliphatic hydroxyl groups is 1. The third kappa shape index (κ3) is 61.8. The van der Waals surface area contributed by atoms with E-state index in [1.165, 1.54) is 124 Å². The summed E-state index contributed by atoms with van der Waals surface area (Å²) in [5.41, 5.74) is 2.73. The van der Waals surface area contributed by atoms with Crippen LogP contribution < -0.4 is 5.73 Å². The number of nitrogens with two attached hydrogens (primary N) is 1. The number of allylic oxidation sites excluding steroid dienone is 2. The quantitative estimate of drug-likeness (QED) is 0.00677. The van der Waals surface area contributed by atoms with Crippen LogP contribution in [-0.4, -0.2) is 145 Å². The van der Waals surface area contributed by atoms with Crippen LogP contribution in [0.1, 0.15) is 144 Å². The number of carbonyl (C=O) groups is 4. The van der Waals surface area contributed by atoms with Crippen LogP contribution in [0.25, 0.3) is 0 Å². The number of nitrogens with zero attached hydrogens (tertiary/aromatic N) is 14. The molecule has 2 aliphatic heterocycles. The minimum absolute atomic E-state index is 0. The fraction of sp³-hybridized carbons (Fsp3) is 0.355. The van der Waals surface area contributed by atoms with Crippen molar-refractivity contribution in [1.82, 2.24) is 7.85 Å². The molecule has 5 N–H and O–H groups in total. The standard InChI is InChI=1S/C7H4Br2FNO2.C7H3BrFNO4.C7H3BrFNO3.C7H5BrFNO2.C7H5BrN2O4.C7H7BrN2O2.C7H6N2O4.C6H14NO.C5H6Br2N2O2.C5H10.C4H9NO2.C2H3N.C2H6O.CH3BF.CCl4.CH4.F2.Fe/c8-3-5-6(10)1-4(9)2-7(5)11(12)13;8-3-1-4(9)6(7(11)12)5(2-3)10(13)14;8-4-1-6(9)5(3-11)7(2-4)10(12)13;1-4-6(9)2-5(8)3-7(4)10(11)12;1-4-6(9(11)12)2-5(8)3-7(4)10(13)14;1-4-6(9)2-5(8)3-7(4)10(11)12;1-5-6(8(10)11)3-2-4-7(5)9(12)13;1-7(8)5-3-2-4-6-7;1-5(2)3(10)8(6)4(11)9(5)7;1-4-5(2)3;1-4(2,3)7-5-6;3*1-2-3;2-1(3,4)5;;1-2;/h1-2H,3H2;1-2H,(H,11,12);1-3H;2-3H,1H3;2-3H,1H3;2-3H,9H2,1H3;2-4H,1H3;8H,2-6H2,1H3;1-2H3;4H,1-3H3;1-3H3;1H3;3H,2H2,1H3;1H3;;1H4;;/q;;;;;;;+1;;;;;;;;;;. The Balaban J connectivity index is -0.000000191. The molecule has 0 atom stereocenters. The van der Waals surface area contributed by atoms with Gasteiger partial charge in [0.2, 0.25) is 0 Å². The van der Waals surface area contributed by atoms with Crippen molar-refractivity contribution in [2.75, 3.05) is 32.5 Å². The fourth-order valence-corrected chi connectivity index (χ4v) is 12.6. The molecule has 9 rings (SSSR count). The van der Waals surface area contributed by atoms with E-state index in [9.17, 15) is 142 Å². The number of urea groups is 1. The Morgan fingerprint density at radius 2 is 0.886 bits per heavy atom. The first-order chi connectivity index (χ1) is 63.2. The molecule has 0 spiro atoms. The van der Waals surface area contributed by atoms with E-state index in [0.29, 0.717) is 36.7 Å². The molecular weight excluding hydrogens is 2620 g/mol. The van der Waals surface area contributed by atoms with Gasteiger partial charge < -0.3 is 25.1 Å². The van der Waals surface area contributed by atoms with Crippen molar-refractivity contribution in [1.29, 1.82) is 5.26 Å². The molecule has 0 unspecified atom stereocenters. The van der Waals surface area contributed by atoms with E-state index in [0.717, 1.165) is 41.3 Å². The van der Waals surface area contributed by atoms with E-state index in [4.69, 9.17) is 76.8 Å². The monoisotopic (exact) mass is 2690 g/mol. The summed E-state index contributed by atoms with van der Waals surface area (Å²) in [5, 5.41) is 129. The number of alkyl halides is 5. The van der Waals surface area contributed by atoms with Crippen LogP contribution in [0, 0.1) is 158 Å². The van der Waals surface area contributed by atoms with Gasteiger partial charge in [-0.25, -0.2) is 36.3 Å². The van der Waals surface area contributed by atoms with Crippen LogP contribution in [0.15, 0.2) is 135 Å². The molecule has 2 heterocycles. The zero-order valence-electron chi connectivity index (χ0n) is 74.7. The number of aromatic carboxylic acids is 1. The number of likely N-dealkylation sites (tertiary alicyclic amines) is 1. The van der Waals surface area contributed by atoms with Crippen molar-refractivity contribution in [3.63, 3.8) is 0 Å². The first kappa shape index (κ1) is 149. The van der Waals surface area contributed by atoms with Crippen molar-refractivity contribution in [2.24, 2.45) is 5.34 Å². The number of carbonyl (C=O) groups excluding carboxylic acids is 3. The number of quaternary nitrogens is 1. The number of hydrogen-bond acceptors (Lipinski definition) is 29. The SMILES string of the molecule is C.CC#N.CC(C)(C)ON=O.CC1(C)C(=O)N(Br)C(=O)N1Br.CC=C(C)C.CCO.C[B]F.C[N+]1(O)CCCCC1.Cc1c(F)cc(Br)cc1[N+](=O)[O-].Cc1c(N)cc(Br)cc1[N+](=O)[O-].Cc1c([N+](=O)[O-])cc(Br)cc1[N+](=O)[O-].Cc1c([N+](=O)[O-])cccc1[N+](=O)[O-].ClC(Cl)(Cl)Cl.FF.O=C(O)c1c(F)cc(Br)cc1[N+](=O)[O-].O=Cc1c(F)cc(Br)cc1[N+](=O)[O-].O=[N+]([O-])c1cc(Br)cc(F)c1CBr.[Fe]. The van der Waals surface area contributed by atoms with Crippen molar-refractivity contribution in [3.8, 4) is 6.07 Å². The number of hydroxylamine groups is 3. The Hall–Kier alpha value is -8.90. The van der Waals surface area contributed by atoms with Gasteiger partial charge in [-0.3, -0.25) is 101 Å². The molecule has 42 nitrogen and oxygen atoms in total. The number of aldehydes is 1. The molecule has 0 saturated carbocycles. The average molecular weight is 2700 g/mol. The molecule has 2 saturated heterocycles. The van der Waals surface area contributed by atoms with Gasteiger partial charge in [-0.05, 0) is 146 Å². The number of piperidine rings is 1. The molecule has 2 aliphatic rings. The molecule has 3 amide bonds. The van der Waals surface area contributed by atoms with Gasteiger partial charge in [0.15, 0.2) is 17.2 Å². The molecule has 7 aromatic carbocycles. The predicted molar refractivity (Wildman–Crippen MR) is 541 cm³/mol. The number of halogens is 20. The number of carboxylic acid groups (broad SMARTS) is 1. The summed E-state index contributed by atoms with van der Waals surface area (Å²) in [7, 11) is 2.37. The van der Waals surface area contributed by atoms with E-state index in [1.54, 1.807) is 60.6 Å². The molecular formula is C76H88BBr9Cl4F7FeN15O27+. The fourth-order valence-electron chi connectivity index (χ4n) is 8.41. The number of hydrogen-bond donors (Lipinski definition) is 4. The Morgan fingerprint density at radius 1 is 0.607 bits per heavy atom. The second kappa shape index (κ2) is 75.8. The maximum Gasteiger partial charge on any atom is 0.351 e. The van der Waals surface area contributed by atoms with Crippen molar-refractivity contribution >= 4 is 279 Å². The zero-order valence-corrected chi connectivity index (χ0v) is 93.1. The van der Waals surface area contributed by atoms with Crippen LogP contribution in [0.4, 0.5) is 92.7 Å². The summed E-state index contributed by atoms with van der Waals surface area (Å²) in [6.07, 6.45) is 5.88. The number of anilines is 1. The summed E-state index contributed by atoms with van der Waals surface area (Å²) in [6.45, 7) is 27.1. The van der Waals surface area contributed by atoms with Gasteiger partial charge in [-0.15, -0.1) is 4.91 Å². The van der Waals surface area contributed by atoms with Gasteiger partial charge in [0.05, 0.1) is 101 Å². The molecule has 140 heavy (non-hydrogen) atoms. The van der Waals surface area contributed by atoms with Crippen LogP contribution in [0.2, 0.25) is 6.82 Å². The Labute approximate surface area is 902 Å². The van der Waals surface area contributed by atoms with Crippen molar-refractivity contribution in [3.05, 3.63) is 288 Å². The van der Waals surface area contributed by atoms with E-state index in [1.807, 2.05) is 14.0 Å². The van der Waals surface area contributed by atoms with Gasteiger partial charge in [0.1, 0.15) is 64.2 Å². The maximum absolute atomic E-state index is 13.1. The summed E-state index contributed by atoms with van der Waals surface area (Å²) in [6, 6.07) is 19.5. The average Bonchev–Trinajstić information content (AvgIpc) is 1.63. The molecule has 0 aromatic heterocycles. The van der Waals surface area contributed by atoms with Gasteiger partial charge >= 0.3 is 19.6 Å². The Kier molecular flexibility index (Phi) is 80.6. The molecule has 7 aromatic rings. The number of benzene rings is 7. The molecule has 64 heteroatoms. The largest absolute Gasteiger partial charge is 0.477 e. The normalized spacial score (nSPS) is 11.3. The Morgan fingerprint density at radius 3 is 1.14 bits per heavy atom. The van der Waals surface area contributed by atoms with Gasteiger partial charge in [-0.2, -0.15) is 13.8 Å².